The van der Waals surface area contributed by atoms with Crippen LogP contribution in [0.15, 0.2) is 30.3 Å². The summed E-state index contributed by atoms with van der Waals surface area (Å²) < 4.78 is 32.9. The number of aromatic nitrogens is 4. The number of sulfonamides is 1. The molecule has 0 saturated carbocycles. The largest absolute Gasteiger partial charge is 0.378 e. The maximum atomic E-state index is 11.9. The lowest BCUT2D eigenvalue weighted by Crippen LogP contribution is -2.47. The van der Waals surface area contributed by atoms with Gasteiger partial charge in [-0.3, -0.25) is 9.47 Å². The van der Waals surface area contributed by atoms with Crippen molar-refractivity contribution in [2.45, 2.75) is 13.5 Å². The maximum Gasteiger partial charge on any atom is 0.239 e. The second-order valence-corrected chi connectivity index (χ2v) is 12.4. The lowest BCUT2D eigenvalue weighted by Gasteiger charge is -2.32. The van der Waals surface area contributed by atoms with Crippen LogP contribution in [-0.2, 0) is 21.3 Å². The van der Waals surface area contributed by atoms with Gasteiger partial charge in [0, 0.05) is 50.7 Å². The van der Waals surface area contributed by atoms with Crippen molar-refractivity contribution in [3.8, 4) is 5.95 Å². The number of morpholine rings is 1. The van der Waals surface area contributed by atoms with Gasteiger partial charge >= 0.3 is 0 Å². The van der Waals surface area contributed by atoms with E-state index >= 15 is 0 Å². The van der Waals surface area contributed by atoms with Crippen LogP contribution in [0, 0.1) is 6.92 Å². The summed E-state index contributed by atoms with van der Waals surface area (Å²) in [4.78, 5) is 21.5. The first-order chi connectivity index (χ1) is 17.4. The van der Waals surface area contributed by atoms with Crippen LogP contribution in [0.3, 0.4) is 0 Å². The van der Waals surface area contributed by atoms with Gasteiger partial charge in [-0.25, -0.2) is 18.4 Å². The molecule has 1 aromatic carbocycles. The molecule has 0 spiro atoms. The molecule has 190 valence electrons. The monoisotopic (exact) mass is 527 g/mol. The molecule has 2 saturated heterocycles. The van der Waals surface area contributed by atoms with Crippen LogP contribution in [0.2, 0.25) is 0 Å². The van der Waals surface area contributed by atoms with Gasteiger partial charge in [-0.05, 0) is 25.1 Å². The Labute approximate surface area is 214 Å². The van der Waals surface area contributed by atoms with Crippen molar-refractivity contribution in [3.05, 3.63) is 41.0 Å². The summed E-state index contributed by atoms with van der Waals surface area (Å²) in [6.07, 6.45) is 1.28. The quantitative estimate of drug-likeness (QED) is 0.390. The van der Waals surface area contributed by atoms with Gasteiger partial charge in [-0.2, -0.15) is 9.29 Å². The van der Waals surface area contributed by atoms with Gasteiger partial charge in [0.2, 0.25) is 16.0 Å². The summed E-state index contributed by atoms with van der Waals surface area (Å²) in [6.45, 7) is 8.16. The predicted octanol–water partition coefficient (Wildman–Crippen LogP) is 2.25. The van der Waals surface area contributed by atoms with E-state index < -0.39 is 10.0 Å². The minimum absolute atomic E-state index is 0.527. The summed E-state index contributed by atoms with van der Waals surface area (Å²) >= 11 is 1.68. The summed E-state index contributed by atoms with van der Waals surface area (Å²) in [5.41, 5.74) is 1.91. The Morgan fingerprint density at radius 1 is 1.00 bits per heavy atom. The number of hydrogen-bond donors (Lipinski definition) is 0. The van der Waals surface area contributed by atoms with E-state index in [4.69, 9.17) is 19.7 Å². The molecule has 6 rings (SSSR count). The first-order valence-corrected chi connectivity index (χ1v) is 14.8. The van der Waals surface area contributed by atoms with E-state index in [1.165, 1.54) is 11.1 Å². The fraction of sp³-hybridized carbons (Fsp3) is 0.458. The van der Waals surface area contributed by atoms with Crippen molar-refractivity contribution in [2.75, 3.05) is 63.6 Å². The summed E-state index contributed by atoms with van der Waals surface area (Å²) in [5, 5.41) is 1.05. The van der Waals surface area contributed by atoms with E-state index in [1.807, 2.05) is 35.8 Å². The third-order valence-electron chi connectivity index (χ3n) is 6.83. The number of piperazine rings is 1. The highest BCUT2D eigenvalue weighted by molar-refractivity contribution is 7.88. The molecular formula is C24H29N7O3S2. The molecule has 0 atom stereocenters. The van der Waals surface area contributed by atoms with Crippen molar-refractivity contribution in [3.63, 3.8) is 0 Å². The first kappa shape index (κ1) is 23.7. The Morgan fingerprint density at radius 2 is 1.75 bits per heavy atom. The molecule has 0 unspecified atom stereocenters. The zero-order valence-corrected chi connectivity index (χ0v) is 22.1. The van der Waals surface area contributed by atoms with Gasteiger partial charge in [-0.1, -0.05) is 12.1 Å². The van der Waals surface area contributed by atoms with Crippen molar-refractivity contribution in [1.82, 2.24) is 28.7 Å². The Bertz CT molecular complexity index is 1520. The predicted molar refractivity (Wildman–Crippen MR) is 142 cm³/mol. The molecular weight excluding hydrogens is 498 g/mol. The number of ether oxygens (including phenoxy) is 1. The zero-order valence-electron chi connectivity index (χ0n) is 20.4. The van der Waals surface area contributed by atoms with Crippen molar-refractivity contribution in [2.24, 2.45) is 0 Å². The second kappa shape index (κ2) is 9.34. The van der Waals surface area contributed by atoms with E-state index in [9.17, 15) is 8.42 Å². The Morgan fingerprint density at radius 3 is 2.50 bits per heavy atom. The molecule has 10 nitrogen and oxygen atoms in total. The Hall–Kier alpha value is -2.64. The fourth-order valence-electron chi connectivity index (χ4n) is 4.98. The number of para-hydroxylation sites is 2. The second-order valence-electron chi connectivity index (χ2n) is 9.30. The highest BCUT2D eigenvalue weighted by Crippen LogP contribution is 2.34. The zero-order chi connectivity index (χ0) is 24.9. The smallest absolute Gasteiger partial charge is 0.239 e. The van der Waals surface area contributed by atoms with Gasteiger partial charge in [-0.15, -0.1) is 11.3 Å². The van der Waals surface area contributed by atoms with E-state index in [0.717, 1.165) is 65.6 Å². The number of imidazole rings is 1. The van der Waals surface area contributed by atoms with Crippen LogP contribution < -0.4 is 4.90 Å². The van der Waals surface area contributed by atoms with E-state index in [-0.39, 0.29) is 0 Å². The number of nitrogens with zero attached hydrogens (tertiary/aromatic N) is 7. The number of hydrogen-bond acceptors (Lipinski definition) is 9. The average Bonchev–Trinajstić information content (AvgIpc) is 3.43. The minimum atomic E-state index is -3.14. The third kappa shape index (κ3) is 4.48. The van der Waals surface area contributed by atoms with Crippen LogP contribution in [-0.4, -0.2) is 95.9 Å². The number of anilines is 1. The SMILES string of the molecule is Cc1nc2ccccc2n1-c1nc(N2CCOCC2)c2cc(CN3CCN(S(C)(=O)=O)CC3)sc2n1. The van der Waals surface area contributed by atoms with Gasteiger partial charge in [0.05, 0.1) is 35.9 Å². The van der Waals surface area contributed by atoms with Gasteiger partial charge in [0.15, 0.2) is 0 Å². The van der Waals surface area contributed by atoms with E-state index in [1.54, 1.807) is 15.6 Å². The summed E-state index contributed by atoms with van der Waals surface area (Å²) in [6, 6.07) is 10.3. The van der Waals surface area contributed by atoms with Crippen LogP contribution in [0.25, 0.3) is 27.2 Å². The average molecular weight is 528 g/mol. The third-order valence-corrected chi connectivity index (χ3v) is 9.15. The van der Waals surface area contributed by atoms with Crippen molar-refractivity contribution >= 4 is 48.4 Å². The van der Waals surface area contributed by atoms with Gasteiger partial charge < -0.3 is 9.64 Å². The van der Waals surface area contributed by atoms with Crippen molar-refractivity contribution < 1.29 is 13.2 Å². The molecule has 3 aromatic heterocycles. The molecule has 0 amide bonds. The standard InChI is InChI=1S/C24H29N7O3S2/c1-17-25-20-5-3-4-6-21(20)31(17)24-26-22(29-11-13-34-14-12-29)19-15-18(35-23(19)27-24)16-28-7-9-30(10-8-28)36(2,32)33/h3-6,15H,7-14,16H2,1-2H3. The van der Waals surface area contributed by atoms with Crippen LogP contribution >= 0.6 is 11.3 Å². The fourth-order valence-corrected chi connectivity index (χ4v) is 6.86. The molecule has 2 aliphatic rings. The lowest BCUT2D eigenvalue weighted by molar-refractivity contribution is 0.122. The van der Waals surface area contributed by atoms with Crippen LogP contribution in [0.4, 0.5) is 5.82 Å². The molecule has 0 aliphatic carbocycles. The lowest BCUT2D eigenvalue weighted by atomic mass is 10.2. The molecule has 12 heteroatoms. The number of aryl methyl sites for hydroxylation is 1. The van der Waals surface area contributed by atoms with Gasteiger partial charge in [0.1, 0.15) is 16.5 Å². The van der Waals surface area contributed by atoms with Crippen LogP contribution in [0.5, 0.6) is 0 Å². The molecule has 0 bridgehead atoms. The topological polar surface area (TPSA) is 96.7 Å². The Kier molecular flexibility index (Phi) is 6.16. The molecule has 0 radical (unpaired) electrons. The molecule has 4 aromatic rings. The Balaban J connectivity index is 1.37. The minimum Gasteiger partial charge on any atom is -0.378 e. The molecule has 0 N–H and O–H groups in total. The highest BCUT2D eigenvalue weighted by Gasteiger charge is 2.25. The molecule has 2 aliphatic heterocycles. The first-order valence-electron chi connectivity index (χ1n) is 12.1. The maximum absolute atomic E-state index is 11.9. The van der Waals surface area contributed by atoms with Gasteiger partial charge in [0.25, 0.3) is 0 Å². The molecule has 5 heterocycles. The number of benzene rings is 1. The van der Waals surface area contributed by atoms with E-state index in [2.05, 4.69) is 15.9 Å². The highest BCUT2D eigenvalue weighted by atomic mass is 32.2. The van der Waals surface area contributed by atoms with Crippen molar-refractivity contribution in [1.29, 1.82) is 0 Å². The van der Waals surface area contributed by atoms with E-state index in [0.29, 0.717) is 32.3 Å². The molecule has 36 heavy (non-hydrogen) atoms. The number of rotatable bonds is 5. The normalized spacial score (nSPS) is 18.4. The van der Waals surface area contributed by atoms with Crippen LogP contribution in [0.1, 0.15) is 10.7 Å². The number of fused-ring (bicyclic) bond motifs is 2. The number of thiophene rings is 1. The summed E-state index contributed by atoms with van der Waals surface area (Å²) in [7, 11) is -3.14. The summed E-state index contributed by atoms with van der Waals surface area (Å²) in [5.74, 6) is 2.41. The molecule has 2 fully saturated rings.